The van der Waals surface area contributed by atoms with E-state index in [1.165, 1.54) is 0 Å². The molecule has 0 radical (unpaired) electrons. The van der Waals surface area contributed by atoms with E-state index in [0.717, 1.165) is 0 Å². The van der Waals surface area contributed by atoms with Crippen LogP contribution in [0.4, 0.5) is 5.82 Å². The molecule has 2 rings (SSSR count). The second-order valence-electron chi connectivity index (χ2n) is 3.16. The van der Waals surface area contributed by atoms with Crippen LogP contribution in [0.3, 0.4) is 0 Å². The molecule has 2 heterocycles. The first-order valence-corrected chi connectivity index (χ1v) is 5.37. The Balaban J connectivity index is 2.18. The lowest BCUT2D eigenvalue weighted by molar-refractivity contribution is 0.102. The maximum absolute atomic E-state index is 11.8. The van der Waals surface area contributed by atoms with Gasteiger partial charge in [0.15, 0.2) is 5.82 Å². The van der Waals surface area contributed by atoms with Crippen LogP contribution < -0.4 is 5.32 Å². The first-order valence-electron chi connectivity index (χ1n) is 4.58. The van der Waals surface area contributed by atoms with E-state index in [0.29, 0.717) is 16.0 Å². The number of aromatic nitrogens is 3. The molecule has 2 aromatic rings. The van der Waals surface area contributed by atoms with Gasteiger partial charge in [0.05, 0.1) is 0 Å². The number of pyridine rings is 1. The highest BCUT2D eigenvalue weighted by molar-refractivity contribution is 9.10. The largest absolute Gasteiger partial charge is 0.304 e. The van der Waals surface area contributed by atoms with E-state index < -0.39 is 0 Å². The number of anilines is 1. The summed E-state index contributed by atoms with van der Waals surface area (Å²) in [5, 5.41) is 6.70. The van der Waals surface area contributed by atoms with Crippen LogP contribution in [0.1, 0.15) is 10.5 Å². The number of halogens is 1. The molecule has 1 amide bonds. The van der Waals surface area contributed by atoms with E-state index in [-0.39, 0.29) is 5.91 Å². The summed E-state index contributed by atoms with van der Waals surface area (Å²) >= 11 is 3.27. The van der Waals surface area contributed by atoms with Crippen molar-refractivity contribution in [1.29, 1.82) is 0 Å². The van der Waals surface area contributed by atoms with Crippen LogP contribution in [0.2, 0.25) is 0 Å². The number of amides is 1. The van der Waals surface area contributed by atoms with Crippen molar-refractivity contribution in [3.05, 3.63) is 40.8 Å². The maximum atomic E-state index is 11.8. The van der Waals surface area contributed by atoms with E-state index in [1.54, 1.807) is 42.3 Å². The Labute approximate surface area is 101 Å². The lowest BCUT2D eigenvalue weighted by atomic mass is 10.3. The van der Waals surface area contributed by atoms with Gasteiger partial charge in [-0.1, -0.05) is 0 Å². The summed E-state index contributed by atoms with van der Waals surface area (Å²) in [5.74, 6) is 0.219. The maximum Gasteiger partial charge on any atom is 0.276 e. The van der Waals surface area contributed by atoms with E-state index in [1.807, 2.05) is 0 Å². The summed E-state index contributed by atoms with van der Waals surface area (Å²) < 4.78 is 2.27. The summed E-state index contributed by atoms with van der Waals surface area (Å²) in [7, 11) is 1.78. The van der Waals surface area contributed by atoms with Crippen LogP contribution in [0.15, 0.2) is 35.1 Å². The fourth-order valence-electron chi connectivity index (χ4n) is 1.21. The monoisotopic (exact) mass is 280 g/mol. The molecule has 0 saturated heterocycles. The van der Waals surface area contributed by atoms with Crippen molar-refractivity contribution in [3.8, 4) is 0 Å². The quantitative estimate of drug-likeness (QED) is 0.913. The Morgan fingerprint density at radius 2 is 2.31 bits per heavy atom. The van der Waals surface area contributed by atoms with Crippen LogP contribution in [0, 0.1) is 0 Å². The zero-order valence-electron chi connectivity index (χ0n) is 8.51. The Kier molecular flexibility index (Phi) is 3.00. The van der Waals surface area contributed by atoms with E-state index in [9.17, 15) is 4.79 Å². The molecule has 2 aromatic heterocycles. The predicted octanol–water partition coefficient (Wildman–Crippen LogP) is 1.83. The molecule has 0 bridgehead atoms. The molecule has 16 heavy (non-hydrogen) atoms. The molecule has 1 N–H and O–H groups in total. The van der Waals surface area contributed by atoms with Gasteiger partial charge in [0.2, 0.25) is 0 Å². The van der Waals surface area contributed by atoms with Gasteiger partial charge in [-0.15, -0.1) is 0 Å². The van der Waals surface area contributed by atoms with Crippen molar-refractivity contribution < 1.29 is 4.79 Å². The predicted molar refractivity (Wildman–Crippen MR) is 63.1 cm³/mol. The van der Waals surface area contributed by atoms with Gasteiger partial charge in [0.25, 0.3) is 5.91 Å². The molecule has 0 aromatic carbocycles. The molecule has 0 aliphatic carbocycles. The topological polar surface area (TPSA) is 59.8 Å². The molecular formula is C10H9BrN4O. The van der Waals surface area contributed by atoms with E-state index in [4.69, 9.17) is 0 Å². The van der Waals surface area contributed by atoms with Crippen molar-refractivity contribution in [2.75, 3.05) is 5.32 Å². The number of hydrogen-bond acceptors (Lipinski definition) is 3. The number of aryl methyl sites for hydroxylation is 1. The molecule has 0 unspecified atom stereocenters. The molecule has 0 spiro atoms. The van der Waals surface area contributed by atoms with Gasteiger partial charge in [-0.25, -0.2) is 4.98 Å². The number of nitrogens with one attached hydrogen (secondary N) is 1. The normalized spacial score (nSPS) is 10.1. The number of carbonyl (C=O) groups excluding carboxylic acids is 1. The summed E-state index contributed by atoms with van der Waals surface area (Å²) in [6.07, 6.45) is 3.32. The van der Waals surface area contributed by atoms with Gasteiger partial charge in [-0.2, -0.15) is 5.10 Å². The Morgan fingerprint density at radius 3 is 2.94 bits per heavy atom. The fourth-order valence-corrected chi connectivity index (χ4v) is 1.65. The summed E-state index contributed by atoms with van der Waals surface area (Å²) in [5.41, 5.74) is 0.341. The molecule has 6 heteroatoms. The zero-order valence-corrected chi connectivity index (χ0v) is 10.1. The minimum absolute atomic E-state index is 0.286. The first-order chi connectivity index (χ1) is 7.66. The van der Waals surface area contributed by atoms with Gasteiger partial charge in [-0.05, 0) is 28.1 Å². The number of rotatable bonds is 2. The third kappa shape index (κ3) is 2.27. The van der Waals surface area contributed by atoms with Crippen molar-refractivity contribution in [1.82, 2.24) is 14.8 Å². The van der Waals surface area contributed by atoms with E-state index >= 15 is 0 Å². The molecule has 5 nitrogen and oxygen atoms in total. The van der Waals surface area contributed by atoms with Gasteiger partial charge in [-0.3, -0.25) is 9.48 Å². The molecule has 82 valence electrons. The van der Waals surface area contributed by atoms with Gasteiger partial charge in [0, 0.05) is 30.0 Å². The molecule has 0 saturated carbocycles. The van der Waals surface area contributed by atoms with Crippen LogP contribution in [0.25, 0.3) is 0 Å². The number of nitrogens with zero attached hydrogens (tertiary/aromatic N) is 3. The van der Waals surface area contributed by atoms with Gasteiger partial charge < -0.3 is 5.32 Å². The number of carbonyl (C=O) groups is 1. The van der Waals surface area contributed by atoms with Crippen molar-refractivity contribution >= 4 is 27.7 Å². The Hall–Kier alpha value is -1.69. The van der Waals surface area contributed by atoms with E-state index in [2.05, 4.69) is 31.3 Å². The smallest absolute Gasteiger partial charge is 0.276 e. The highest BCUT2D eigenvalue weighted by Gasteiger charge is 2.11. The van der Waals surface area contributed by atoms with Crippen LogP contribution >= 0.6 is 15.9 Å². The third-order valence-electron chi connectivity index (χ3n) is 1.93. The minimum atomic E-state index is -0.286. The first kappa shape index (κ1) is 10.8. The number of hydrogen-bond donors (Lipinski definition) is 1. The van der Waals surface area contributed by atoms with Crippen LogP contribution in [-0.2, 0) is 7.05 Å². The van der Waals surface area contributed by atoms with Gasteiger partial charge in [0.1, 0.15) is 5.69 Å². The van der Waals surface area contributed by atoms with Crippen LogP contribution in [-0.4, -0.2) is 20.7 Å². The molecule has 0 aliphatic heterocycles. The Morgan fingerprint density at radius 1 is 1.50 bits per heavy atom. The van der Waals surface area contributed by atoms with Gasteiger partial charge >= 0.3 is 0 Å². The van der Waals surface area contributed by atoms with Crippen molar-refractivity contribution in [2.24, 2.45) is 7.05 Å². The second-order valence-corrected chi connectivity index (χ2v) is 4.02. The average Bonchev–Trinajstić information content (AvgIpc) is 2.64. The van der Waals surface area contributed by atoms with Crippen molar-refractivity contribution in [3.63, 3.8) is 0 Å². The second kappa shape index (κ2) is 4.44. The highest BCUT2D eigenvalue weighted by atomic mass is 79.9. The SMILES string of the molecule is Cn1ccc(NC(=O)c2ncccc2Br)n1. The standard InChI is InChI=1S/C10H9BrN4O/c1-15-6-4-8(14-15)13-10(16)9-7(11)3-2-5-12-9/h2-6H,1H3,(H,13,14,16). The lowest BCUT2D eigenvalue weighted by Gasteiger charge is -2.02. The zero-order chi connectivity index (χ0) is 11.5. The van der Waals surface area contributed by atoms with Crippen LogP contribution in [0.5, 0.6) is 0 Å². The summed E-state index contributed by atoms with van der Waals surface area (Å²) in [6, 6.07) is 5.23. The Bertz CT molecular complexity index is 523. The third-order valence-corrected chi connectivity index (χ3v) is 2.57. The lowest BCUT2D eigenvalue weighted by Crippen LogP contribution is -2.14. The average molecular weight is 281 g/mol. The molecule has 0 atom stereocenters. The molecule has 0 aliphatic rings. The summed E-state index contributed by atoms with van der Waals surface area (Å²) in [6.45, 7) is 0. The molecular weight excluding hydrogens is 272 g/mol. The van der Waals surface area contributed by atoms with Crippen molar-refractivity contribution in [2.45, 2.75) is 0 Å². The highest BCUT2D eigenvalue weighted by Crippen LogP contribution is 2.14. The fraction of sp³-hybridized carbons (Fsp3) is 0.100. The minimum Gasteiger partial charge on any atom is -0.304 e. The molecule has 0 fully saturated rings. The summed E-state index contributed by atoms with van der Waals surface area (Å²) in [4.78, 5) is 15.8.